The van der Waals surface area contributed by atoms with Crippen LogP contribution in [0.5, 0.6) is 0 Å². The number of hydrogen-bond acceptors (Lipinski definition) is 2. The number of rotatable bonds is 4. The quantitative estimate of drug-likeness (QED) is 0.874. The number of halogens is 4. The minimum Gasteiger partial charge on any atom is -0.391 e. The molecule has 0 aliphatic heterocycles. The van der Waals surface area contributed by atoms with Crippen molar-refractivity contribution in [1.82, 2.24) is 0 Å². The summed E-state index contributed by atoms with van der Waals surface area (Å²) in [4.78, 5) is 0. The van der Waals surface area contributed by atoms with E-state index in [4.69, 9.17) is 5.73 Å². The smallest absolute Gasteiger partial charge is 0.391 e. The average molecular weight is 340 g/mol. The second-order valence-electron chi connectivity index (χ2n) is 4.67. The van der Waals surface area contributed by atoms with Gasteiger partial charge in [-0.1, -0.05) is 36.2 Å². The van der Waals surface area contributed by atoms with Gasteiger partial charge in [-0.05, 0) is 29.7 Å². The van der Waals surface area contributed by atoms with E-state index >= 15 is 0 Å². The molecule has 0 saturated carbocycles. The van der Waals surface area contributed by atoms with Gasteiger partial charge >= 0.3 is 6.18 Å². The topological polar surface area (TPSA) is 46.2 Å². The monoisotopic (exact) mass is 339 g/mol. The van der Waals surface area contributed by atoms with Crippen molar-refractivity contribution in [3.63, 3.8) is 0 Å². The van der Waals surface area contributed by atoms with E-state index in [0.717, 1.165) is 12.1 Å². The highest BCUT2D eigenvalue weighted by atomic mass is 79.9. The fraction of sp³-hybridized carbons (Fsp3) is 0.538. The molecule has 0 aromatic heterocycles. The third-order valence-electron chi connectivity index (χ3n) is 3.23. The summed E-state index contributed by atoms with van der Waals surface area (Å²) in [6.07, 6.45) is -4.60. The van der Waals surface area contributed by atoms with Crippen molar-refractivity contribution >= 4 is 15.9 Å². The summed E-state index contributed by atoms with van der Waals surface area (Å²) in [5.74, 6) is -0.0803. The van der Waals surface area contributed by atoms with Crippen molar-refractivity contribution in [2.45, 2.75) is 38.6 Å². The molecule has 1 aromatic carbocycles. The first-order valence-corrected chi connectivity index (χ1v) is 6.77. The Kier molecular flexibility index (Phi) is 5.41. The molecule has 6 heteroatoms. The van der Waals surface area contributed by atoms with Crippen LogP contribution in [-0.2, 0) is 6.18 Å². The maximum atomic E-state index is 12.7. The second-order valence-corrected chi connectivity index (χ2v) is 5.59. The van der Waals surface area contributed by atoms with Gasteiger partial charge in [-0.3, -0.25) is 0 Å². The molecule has 3 N–H and O–H groups in total. The molecule has 0 aliphatic rings. The third-order valence-corrected chi connectivity index (χ3v) is 3.69. The van der Waals surface area contributed by atoms with Gasteiger partial charge in [-0.15, -0.1) is 0 Å². The molecule has 0 spiro atoms. The van der Waals surface area contributed by atoms with Gasteiger partial charge in [0.1, 0.15) is 0 Å². The minimum absolute atomic E-state index is 0.0803. The summed E-state index contributed by atoms with van der Waals surface area (Å²) in [7, 11) is 0. The lowest BCUT2D eigenvalue weighted by atomic mass is 9.91. The Morgan fingerprint density at radius 1 is 1.32 bits per heavy atom. The van der Waals surface area contributed by atoms with E-state index in [2.05, 4.69) is 15.9 Å². The summed E-state index contributed by atoms with van der Waals surface area (Å²) in [5, 5.41) is 10.0. The van der Waals surface area contributed by atoms with Crippen LogP contribution in [0, 0.1) is 5.92 Å². The Bertz CT molecular complexity index is 436. The Labute approximate surface area is 118 Å². The van der Waals surface area contributed by atoms with E-state index in [1.807, 2.05) is 13.8 Å². The number of benzene rings is 1. The number of aliphatic hydroxyl groups is 1. The van der Waals surface area contributed by atoms with Crippen LogP contribution in [0.4, 0.5) is 13.2 Å². The zero-order chi connectivity index (χ0) is 14.8. The number of hydrogen-bond donors (Lipinski definition) is 2. The lowest BCUT2D eigenvalue weighted by Gasteiger charge is -2.25. The van der Waals surface area contributed by atoms with Crippen LogP contribution >= 0.6 is 15.9 Å². The van der Waals surface area contributed by atoms with E-state index in [1.54, 1.807) is 0 Å². The standard InChI is InChI=1S/C13H17BrF3NO/c1-3-7(2)12(19)11(18)8-4-9(13(15,16)17)6-10(14)5-8/h4-7,11-12,19H,3,18H2,1-2H3/t7?,11-,12+/m0/s1. The molecule has 0 heterocycles. The molecule has 1 aromatic rings. The van der Waals surface area contributed by atoms with Gasteiger partial charge in [0, 0.05) is 4.47 Å². The van der Waals surface area contributed by atoms with Crippen LogP contribution in [0.2, 0.25) is 0 Å². The fourth-order valence-electron chi connectivity index (χ4n) is 1.76. The van der Waals surface area contributed by atoms with E-state index < -0.39 is 23.9 Å². The molecule has 0 fully saturated rings. The van der Waals surface area contributed by atoms with Crippen molar-refractivity contribution in [2.24, 2.45) is 11.7 Å². The first-order valence-electron chi connectivity index (χ1n) is 5.98. The summed E-state index contributed by atoms with van der Waals surface area (Å²) >= 11 is 3.04. The van der Waals surface area contributed by atoms with Crippen molar-refractivity contribution in [2.75, 3.05) is 0 Å². The summed E-state index contributed by atoms with van der Waals surface area (Å²) < 4.78 is 38.4. The molecule has 0 radical (unpaired) electrons. The molecule has 0 saturated heterocycles. The maximum absolute atomic E-state index is 12.7. The molecule has 1 unspecified atom stereocenters. The average Bonchev–Trinajstić information content (AvgIpc) is 2.34. The van der Waals surface area contributed by atoms with Crippen molar-refractivity contribution in [3.05, 3.63) is 33.8 Å². The Hall–Kier alpha value is -0.590. The molecule has 19 heavy (non-hydrogen) atoms. The lowest BCUT2D eigenvalue weighted by Crippen LogP contribution is -2.31. The highest BCUT2D eigenvalue weighted by molar-refractivity contribution is 9.10. The van der Waals surface area contributed by atoms with Gasteiger partial charge in [-0.2, -0.15) is 13.2 Å². The molecule has 108 valence electrons. The van der Waals surface area contributed by atoms with Gasteiger partial charge < -0.3 is 10.8 Å². The first-order chi connectivity index (χ1) is 8.66. The molecular weight excluding hydrogens is 323 g/mol. The van der Waals surface area contributed by atoms with E-state index in [9.17, 15) is 18.3 Å². The van der Waals surface area contributed by atoms with Crippen LogP contribution in [0.25, 0.3) is 0 Å². The molecule has 3 atom stereocenters. The maximum Gasteiger partial charge on any atom is 0.416 e. The molecule has 0 bridgehead atoms. The fourth-order valence-corrected chi connectivity index (χ4v) is 2.27. The molecule has 0 amide bonds. The van der Waals surface area contributed by atoms with Gasteiger partial charge in [-0.25, -0.2) is 0 Å². The lowest BCUT2D eigenvalue weighted by molar-refractivity contribution is -0.137. The summed E-state index contributed by atoms with van der Waals surface area (Å²) in [6.45, 7) is 3.70. The van der Waals surface area contributed by atoms with Gasteiger partial charge in [0.15, 0.2) is 0 Å². The summed E-state index contributed by atoms with van der Waals surface area (Å²) in [5.41, 5.74) is 5.36. The normalized spacial score (nSPS) is 17.1. The molecule has 0 aliphatic carbocycles. The van der Waals surface area contributed by atoms with Gasteiger partial charge in [0.05, 0.1) is 17.7 Å². The number of nitrogens with two attached hydrogens (primary N) is 1. The molecular formula is C13H17BrF3NO. The van der Waals surface area contributed by atoms with E-state index in [0.29, 0.717) is 10.9 Å². The predicted octanol–water partition coefficient (Wildman–Crippen LogP) is 3.87. The van der Waals surface area contributed by atoms with E-state index in [1.165, 1.54) is 6.07 Å². The predicted molar refractivity (Wildman–Crippen MR) is 71.5 cm³/mol. The zero-order valence-electron chi connectivity index (χ0n) is 10.7. The third kappa shape index (κ3) is 4.19. The molecule has 1 rings (SSSR count). The minimum atomic E-state index is -4.43. The Morgan fingerprint density at radius 2 is 1.89 bits per heavy atom. The van der Waals surface area contributed by atoms with Crippen molar-refractivity contribution in [1.29, 1.82) is 0 Å². The number of aliphatic hydroxyl groups excluding tert-OH is 1. The van der Waals surface area contributed by atoms with Crippen molar-refractivity contribution in [3.8, 4) is 0 Å². The highest BCUT2D eigenvalue weighted by Gasteiger charge is 2.32. The second kappa shape index (κ2) is 6.24. The van der Waals surface area contributed by atoms with Gasteiger partial charge in [0.2, 0.25) is 0 Å². The highest BCUT2D eigenvalue weighted by Crippen LogP contribution is 2.34. The van der Waals surface area contributed by atoms with Crippen LogP contribution in [0.3, 0.4) is 0 Å². The van der Waals surface area contributed by atoms with E-state index in [-0.39, 0.29) is 11.5 Å². The first kappa shape index (κ1) is 16.5. The summed E-state index contributed by atoms with van der Waals surface area (Å²) in [6, 6.07) is 2.65. The Morgan fingerprint density at radius 3 is 2.37 bits per heavy atom. The molecule has 2 nitrogen and oxygen atoms in total. The van der Waals surface area contributed by atoms with Crippen LogP contribution in [-0.4, -0.2) is 11.2 Å². The number of alkyl halides is 3. The zero-order valence-corrected chi connectivity index (χ0v) is 12.3. The van der Waals surface area contributed by atoms with Crippen LogP contribution in [0.1, 0.15) is 37.4 Å². The Balaban J connectivity index is 3.10. The van der Waals surface area contributed by atoms with Crippen LogP contribution < -0.4 is 5.73 Å². The van der Waals surface area contributed by atoms with Crippen molar-refractivity contribution < 1.29 is 18.3 Å². The van der Waals surface area contributed by atoms with Gasteiger partial charge in [0.25, 0.3) is 0 Å². The van der Waals surface area contributed by atoms with Crippen LogP contribution in [0.15, 0.2) is 22.7 Å². The SMILES string of the molecule is CCC(C)[C@@H](O)[C@@H](N)c1cc(Br)cc(C(F)(F)F)c1. The largest absolute Gasteiger partial charge is 0.416 e.